The summed E-state index contributed by atoms with van der Waals surface area (Å²) in [7, 11) is 1.84. The molecule has 142 valence electrons. The lowest BCUT2D eigenvalue weighted by atomic mass is 10.1. The van der Waals surface area contributed by atoms with Crippen molar-refractivity contribution in [2.45, 2.75) is 6.92 Å². The van der Waals surface area contributed by atoms with Crippen LogP contribution in [0, 0.1) is 0 Å². The van der Waals surface area contributed by atoms with Gasteiger partial charge < -0.3 is 20.5 Å². The van der Waals surface area contributed by atoms with Crippen LogP contribution in [0.5, 0.6) is 17.2 Å². The fourth-order valence-electron chi connectivity index (χ4n) is 2.61. The van der Waals surface area contributed by atoms with E-state index in [9.17, 15) is 14.7 Å². The van der Waals surface area contributed by atoms with Gasteiger partial charge in [0.25, 0.3) is 5.91 Å². The van der Waals surface area contributed by atoms with E-state index in [0.29, 0.717) is 17.2 Å². The van der Waals surface area contributed by atoms with E-state index in [1.165, 1.54) is 25.1 Å². The van der Waals surface area contributed by atoms with Gasteiger partial charge in [-0.25, -0.2) is 0 Å². The van der Waals surface area contributed by atoms with Crippen LogP contribution in [0.4, 0.5) is 11.4 Å². The van der Waals surface area contributed by atoms with Crippen LogP contribution in [0.25, 0.3) is 0 Å². The van der Waals surface area contributed by atoms with E-state index in [-0.39, 0.29) is 22.7 Å². The van der Waals surface area contributed by atoms with Gasteiger partial charge in [0.15, 0.2) is 5.78 Å². The Morgan fingerprint density at radius 2 is 1.57 bits per heavy atom. The number of phenolic OH excluding ortho intramolecular Hbond substituents is 1. The van der Waals surface area contributed by atoms with Gasteiger partial charge in [0.2, 0.25) is 0 Å². The Balaban J connectivity index is 1.75. The van der Waals surface area contributed by atoms with Gasteiger partial charge in [0.1, 0.15) is 17.2 Å². The van der Waals surface area contributed by atoms with Crippen LogP contribution in [0.15, 0.2) is 66.7 Å². The molecule has 6 nitrogen and oxygen atoms in total. The van der Waals surface area contributed by atoms with Crippen LogP contribution >= 0.6 is 0 Å². The lowest BCUT2D eigenvalue weighted by Gasteiger charge is -2.10. The smallest absolute Gasteiger partial charge is 0.255 e. The van der Waals surface area contributed by atoms with Crippen LogP contribution in [-0.2, 0) is 0 Å². The standard InChI is InChI=1S/C22H20N2O4/c1-14(25)15-10-16(12-19(26)11-15)22(27)24-18-4-3-5-21(13-18)28-20-8-6-17(23-2)7-9-20/h3-13,23,26H,1-2H3,(H,24,27). The predicted molar refractivity (Wildman–Crippen MR) is 109 cm³/mol. The molecule has 28 heavy (non-hydrogen) atoms. The molecule has 0 aliphatic heterocycles. The van der Waals surface area contributed by atoms with E-state index < -0.39 is 5.91 Å². The van der Waals surface area contributed by atoms with Crippen molar-refractivity contribution in [1.82, 2.24) is 0 Å². The fraction of sp³-hybridized carbons (Fsp3) is 0.0909. The van der Waals surface area contributed by atoms with Crippen LogP contribution in [0.3, 0.4) is 0 Å². The molecule has 0 aromatic heterocycles. The van der Waals surface area contributed by atoms with Gasteiger partial charge in [-0.3, -0.25) is 9.59 Å². The molecular weight excluding hydrogens is 356 g/mol. The van der Waals surface area contributed by atoms with Crippen molar-refractivity contribution in [3.8, 4) is 17.2 Å². The third-order valence-electron chi connectivity index (χ3n) is 4.06. The molecule has 0 saturated heterocycles. The quantitative estimate of drug-likeness (QED) is 0.544. The number of hydrogen-bond acceptors (Lipinski definition) is 5. The highest BCUT2D eigenvalue weighted by molar-refractivity contribution is 6.06. The van der Waals surface area contributed by atoms with E-state index in [1.54, 1.807) is 24.3 Å². The molecule has 0 saturated carbocycles. The first kappa shape index (κ1) is 19.0. The lowest BCUT2D eigenvalue weighted by Crippen LogP contribution is -2.12. The summed E-state index contributed by atoms with van der Waals surface area (Å²) >= 11 is 0. The van der Waals surface area contributed by atoms with Gasteiger partial charge in [-0.05, 0) is 61.5 Å². The summed E-state index contributed by atoms with van der Waals surface area (Å²) in [4.78, 5) is 24.0. The summed E-state index contributed by atoms with van der Waals surface area (Å²) in [6.45, 7) is 1.38. The topological polar surface area (TPSA) is 87.7 Å². The second-order valence-corrected chi connectivity index (χ2v) is 6.18. The van der Waals surface area contributed by atoms with E-state index in [0.717, 1.165) is 5.69 Å². The van der Waals surface area contributed by atoms with Crippen molar-refractivity contribution in [2.75, 3.05) is 17.7 Å². The van der Waals surface area contributed by atoms with Crippen molar-refractivity contribution >= 4 is 23.1 Å². The number of ketones is 1. The van der Waals surface area contributed by atoms with Gasteiger partial charge >= 0.3 is 0 Å². The number of carbonyl (C=O) groups is 2. The molecule has 6 heteroatoms. The van der Waals surface area contributed by atoms with Crippen LogP contribution in [0.2, 0.25) is 0 Å². The van der Waals surface area contributed by atoms with E-state index >= 15 is 0 Å². The van der Waals surface area contributed by atoms with E-state index in [2.05, 4.69) is 10.6 Å². The Morgan fingerprint density at radius 3 is 2.25 bits per heavy atom. The number of aromatic hydroxyl groups is 1. The average molecular weight is 376 g/mol. The van der Waals surface area contributed by atoms with Crippen molar-refractivity contribution < 1.29 is 19.4 Å². The minimum absolute atomic E-state index is 0.139. The molecule has 3 rings (SSSR count). The predicted octanol–water partition coefficient (Wildman–Crippen LogP) is 4.68. The minimum atomic E-state index is -0.436. The molecular formula is C22H20N2O4. The molecule has 0 aliphatic carbocycles. The Kier molecular flexibility index (Phi) is 5.60. The molecule has 0 aliphatic rings. The Bertz CT molecular complexity index is 1010. The largest absolute Gasteiger partial charge is 0.508 e. The highest BCUT2D eigenvalue weighted by Crippen LogP contribution is 2.26. The van der Waals surface area contributed by atoms with Gasteiger partial charge in [-0.2, -0.15) is 0 Å². The first-order valence-corrected chi connectivity index (χ1v) is 8.66. The lowest BCUT2D eigenvalue weighted by molar-refractivity contribution is 0.101. The molecule has 3 aromatic carbocycles. The van der Waals surface area contributed by atoms with Gasteiger partial charge in [0.05, 0.1) is 0 Å². The molecule has 0 fully saturated rings. The highest BCUT2D eigenvalue weighted by Gasteiger charge is 2.11. The average Bonchev–Trinajstić information content (AvgIpc) is 2.68. The molecule has 0 atom stereocenters. The molecule has 0 radical (unpaired) electrons. The maximum Gasteiger partial charge on any atom is 0.255 e. The second-order valence-electron chi connectivity index (χ2n) is 6.18. The number of amides is 1. The van der Waals surface area contributed by atoms with E-state index in [4.69, 9.17) is 4.74 Å². The molecule has 0 spiro atoms. The van der Waals surface area contributed by atoms with E-state index in [1.807, 2.05) is 31.3 Å². The Labute approximate surface area is 162 Å². The number of ether oxygens (including phenoxy) is 1. The summed E-state index contributed by atoms with van der Waals surface area (Å²) in [5, 5.41) is 15.5. The van der Waals surface area contributed by atoms with Crippen molar-refractivity contribution in [1.29, 1.82) is 0 Å². The normalized spacial score (nSPS) is 10.2. The van der Waals surface area contributed by atoms with Crippen molar-refractivity contribution in [3.05, 3.63) is 77.9 Å². The maximum atomic E-state index is 12.5. The van der Waals surface area contributed by atoms with Crippen LogP contribution < -0.4 is 15.4 Å². The zero-order valence-electron chi connectivity index (χ0n) is 15.5. The second kappa shape index (κ2) is 8.26. The number of anilines is 2. The molecule has 3 N–H and O–H groups in total. The first-order chi connectivity index (χ1) is 13.4. The Morgan fingerprint density at radius 1 is 0.857 bits per heavy atom. The summed E-state index contributed by atoms with van der Waals surface area (Å²) in [5.41, 5.74) is 1.97. The summed E-state index contributed by atoms with van der Waals surface area (Å²) in [6, 6.07) is 18.5. The zero-order chi connectivity index (χ0) is 20.1. The number of hydrogen-bond donors (Lipinski definition) is 3. The third-order valence-corrected chi connectivity index (χ3v) is 4.06. The summed E-state index contributed by atoms with van der Waals surface area (Å²) in [6.07, 6.45) is 0. The number of nitrogens with one attached hydrogen (secondary N) is 2. The monoisotopic (exact) mass is 376 g/mol. The first-order valence-electron chi connectivity index (χ1n) is 8.66. The maximum absolute atomic E-state index is 12.5. The molecule has 0 unspecified atom stereocenters. The number of phenols is 1. The molecule has 0 bridgehead atoms. The van der Waals surface area contributed by atoms with Crippen LogP contribution in [-0.4, -0.2) is 23.8 Å². The molecule has 0 heterocycles. The third kappa shape index (κ3) is 4.67. The SMILES string of the molecule is CNc1ccc(Oc2cccc(NC(=O)c3cc(O)cc(C(C)=O)c3)c2)cc1. The molecule has 3 aromatic rings. The van der Waals surface area contributed by atoms with Crippen LogP contribution in [0.1, 0.15) is 27.6 Å². The minimum Gasteiger partial charge on any atom is -0.508 e. The van der Waals surface area contributed by atoms with Crippen molar-refractivity contribution in [3.63, 3.8) is 0 Å². The highest BCUT2D eigenvalue weighted by atomic mass is 16.5. The number of benzene rings is 3. The number of rotatable bonds is 6. The summed E-state index contributed by atoms with van der Waals surface area (Å²) in [5.74, 6) is 0.426. The zero-order valence-corrected chi connectivity index (χ0v) is 15.5. The number of Topliss-reactive ketones (excluding diaryl/α,β-unsaturated/α-hetero) is 1. The van der Waals surface area contributed by atoms with Gasteiger partial charge in [-0.1, -0.05) is 6.07 Å². The molecule has 1 amide bonds. The number of carbonyl (C=O) groups excluding carboxylic acids is 2. The van der Waals surface area contributed by atoms with Gasteiger partial charge in [0, 0.05) is 35.6 Å². The van der Waals surface area contributed by atoms with Crippen molar-refractivity contribution in [2.24, 2.45) is 0 Å². The van der Waals surface area contributed by atoms with Gasteiger partial charge in [-0.15, -0.1) is 0 Å². The fourth-order valence-corrected chi connectivity index (χ4v) is 2.61. The summed E-state index contributed by atoms with van der Waals surface area (Å²) < 4.78 is 5.81. The Hall–Kier alpha value is -3.80.